The number of aliphatic carboxylic acids is 1. The Morgan fingerprint density at radius 1 is 1.18 bits per heavy atom. The number of piperazine rings is 1. The lowest BCUT2D eigenvalue weighted by molar-refractivity contribution is -0.152. The highest BCUT2D eigenvalue weighted by atomic mass is 19.1. The first-order valence-corrected chi connectivity index (χ1v) is 12.3. The van der Waals surface area contributed by atoms with Crippen molar-refractivity contribution in [2.75, 3.05) is 55.2 Å². The highest BCUT2D eigenvalue weighted by Gasteiger charge is 2.31. The second kappa shape index (κ2) is 10.4. The van der Waals surface area contributed by atoms with Crippen molar-refractivity contribution in [3.63, 3.8) is 0 Å². The number of carboxylic acid groups (broad SMARTS) is 1. The maximum atomic E-state index is 14.6. The first-order chi connectivity index (χ1) is 18.6. The van der Waals surface area contributed by atoms with Crippen LogP contribution < -0.4 is 20.7 Å². The van der Waals surface area contributed by atoms with Gasteiger partial charge in [-0.15, -0.1) is 0 Å². The van der Waals surface area contributed by atoms with Gasteiger partial charge >= 0.3 is 5.97 Å². The Morgan fingerprint density at radius 3 is 2.64 bits per heavy atom. The lowest BCUT2D eigenvalue weighted by Crippen LogP contribution is -2.48. The lowest BCUT2D eigenvalue weighted by Gasteiger charge is -2.36. The van der Waals surface area contributed by atoms with Crippen LogP contribution >= 0.6 is 0 Å². The summed E-state index contributed by atoms with van der Waals surface area (Å²) < 4.78 is 41.1. The number of carboxylic acids is 1. The van der Waals surface area contributed by atoms with Crippen molar-refractivity contribution < 1.29 is 27.8 Å². The van der Waals surface area contributed by atoms with Gasteiger partial charge in [-0.3, -0.25) is 4.90 Å². The van der Waals surface area contributed by atoms with E-state index in [-0.39, 0.29) is 17.4 Å². The number of nitrogen functional groups attached to an aromatic ring is 1. The van der Waals surface area contributed by atoms with Gasteiger partial charge in [-0.2, -0.15) is 19.6 Å². The molecule has 0 atom stereocenters. The summed E-state index contributed by atoms with van der Waals surface area (Å²) in [5.41, 5.74) is 5.68. The van der Waals surface area contributed by atoms with Crippen LogP contribution in [0.15, 0.2) is 41.0 Å². The van der Waals surface area contributed by atoms with Crippen LogP contribution in [0.4, 0.5) is 26.4 Å². The molecule has 4 aromatic rings. The van der Waals surface area contributed by atoms with Gasteiger partial charge in [0.2, 0.25) is 11.9 Å². The second-order valence-corrected chi connectivity index (χ2v) is 9.59. The van der Waals surface area contributed by atoms with E-state index in [1.165, 1.54) is 24.4 Å². The Labute approximate surface area is 222 Å². The molecule has 1 fully saturated rings. The van der Waals surface area contributed by atoms with Crippen molar-refractivity contribution in [1.82, 2.24) is 24.5 Å². The minimum atomic E-state index is -1.67. The molecule has 1 aromatic carbocycles. The maximum Gasteiger partial charge on any atom is 0.347 e. The first-order valence-electron chi connectivity index (χ1n) is 12.3. The largest absolute Gasteiger partial charge is 0.478 e. The summed E-state index contributed by atoms with van der Waals surface area (Å²) in [7, 11) is 0. The van der Waals surface area contributed by atoms with Crippen molar-refractivity contribution in [1.29, 1.82) is 0 Å². The molecule has 3 aromatic heterocycles. The van der Waals surface area contributed by atoms with Crippen LogP contribution in [-0.4, -0.2) is 80.4 Å². The number of fused-ring (bicyclic) bond motifs is 1. The Kier molecular flexibility index (Phi) is 6.95. The summed E-state index contributed by atoms with van der Waals surface area (Å²) >= 11 is 0. The molecule has 0 spiro atoms. The summed E-state index contributed by atoms with van der Waals surface area (Å²) in [5.74, 6) is -2.10. The number of furan rings is 1. The number of rotatable bonds is 9. The number of nitrogens with zero attached hydrogens (tertiary/aromatic N) is 6. The van der Waals surface area contributed by atoms with E-state index in [0.717, 1.165) is 6.07 Å². The van der Waals surface area contributed by atoms with Crippen molar-refractivity contribution in [3.05, 3.63) is 48.2 Å². The van der Waals surface area contributed by atoms with Crippen LogP contribution in [0, 0.1) is 11.6 Å². The highest BCUT2D eigenvalue weighted by Crippen LogP contribution is 2.31. The molecule has 39 heavy (non-hydrogen) atoms. The fourth-order valence-corrected chi connectivity index (χ4v) is 4.23. The summed E-state index contributed by atoms with van der Waals surface area (Å²) in [4.78, 5) is 24.1. The second-order valence-electron chi connectivity index (χ2n) is 9.59. The van der Waals surface area contributed by atoms with Crippen LogP contribution in [0.1, 0.15) is 13.8 Å². The number of hydrogen-bond acceptors (Lipinski definition) is 10. The van der Waals surface area contributed by atoms with Crippen molar-refractivity contribution in [3.8, 4) is 17.2 Å². The average molecular weight is 543 g/mol. The van der Waals surface area contributed by atoms with Gasteiger partial charge in [0.15, 0.2) is 28.6 Å². The van der Waals surface area contributed by atoms with E-state index in [9.17, 15) is 18.7 Å². The predicted molar refractivity (Wildman–Crippen MR) is 139 cm³/mol. The van der Waals surface area contributed by atoms with Crippen molar-refractivity contribution in [2.45, 2.75) is 19.4 Å². The Balaban J connectivity index is 1.17. The summed E-state index contributed by atoms with van der Waals surface area (Å²) in [6.45, 7) is 6.06. The Morgan fingerprint density at radius 2 is 1.95 bits per heavy atom. The van der Waals surface area contributed by atoms with E-state index in [2.05, 4.69) is 25.3 Å². The third-order valence-corrected chi connectivity index (χ3v) is 6.43. The van der Waals surface area contributed by atoms with Crippen LogP contribution in [-0.2, 0) is 4.79 Å². The number of hydrogen-bond donors (Lipinski definition) is 3. The molecular formula is C25H28F2N8O4. The number of carbonyl (C=O) groups is 1. The van der Waals surface area contributed by atoms with Crippen LogP contribution in [0.5, 0.6) is 5.75 Å². The molecule has 0 amide bonds. The van der Waals surface area contributed by atoms with E-state index in [0.29, 0.717) is 62.3 Å². The van der Waals surface area contributed by atoms with Gasteiger partial charge in [-0.1, -0.05) is 0 Å². The topological polar surface area (TPSA) is 147 Å². The molecule has 4 N–H and O–H groups in total. The minimum absolute atomic E-state index is 0.164. The molecule has 0 unspecified atom stereocenters. The van der Waals surface area contributed by atoms with E-state index >= 15 is 0 Å². The van der Waals surface area contributed by atoms with Crippen molar-refractivity contribution >= 4 is 29.2 Å². The Bertz CT molecular complexity index is 1480. The predicted octanol–water partition coefficient (Wildman–Crippen LogP) is 2.72. The smallest absolute Gasteiger partial charge is 0.347 e. The molecule has 14 heteroatoms. The molecule has 12 nitrogen and oxygen atoms in total. The number of anilines is 3. The number of ether oxygens (including phenoxy) is 1. The average Bonchev–Trinajstić information content (AvgIpc) is 3.57. The Hall–Kier alpha value is -4.46. The number of nitrogens with two attached hydrogens (primary N) is 1. The number of nitrogens with one attached hydrogen (secondary N) is 1. The van der Waals surface area contributed by atoms with E-state index < -0.39 is 23.2 Å². The molecular weight excluding hydrogens is 514 g/mol. The minimum Gasteiger partial charge on any atom is -0.478 e. The van der Waals surface area contributed by atoms with Crippen LogP contribution in [0.3, 0.4) is 0 Å². The van der Waals surface area contributed by atoms with Crippen LogP contribution in [0.2, 0.25) is 0 Å². The summed E-state index contributed by atoms with van der Waals surface area (Å²) in [6, 6.07) is 7.26. The third kappa shape index (κ3) is 5.55. The number of benzene rings is 1. The quantitative estimate of drug-likeness (QED) is 0.287. The van der Waals surface area contributed by atoms with Gasteiger partial charge in [0.05, 0.1) is 12.0 Å². The SMILES string of the molecule is CC(C)(Oc1cc(N2CCN(CCNc3nc(N)n4nc(-c5ccco5)cc4n3)CC2)c(F)cc1F)C(=O)O. The number of aromatic nitrogens is 4. The van der Waals surface area contributed by atoms with Gasteiger partial charge in [-0.25, -0.2) is 13.6 Å². The monoisotopic (exact) mass is 542 g/mol. The molecule has 0 aliphatic carbocycles. The van der Waals surface area contributed by atoms with E-state index in [4.69, 9.17) is 14.9 Å². The number of halogens is 2. The fraction of sp³-hybridized carbons (Fsp3) is 0.360. The molecule has 5 rings (SSSR count). The van der Waals surface area contributed by atoms with Gasteiger partial charge < -0.3 is 30.2 Å². The molecule has 0 radical (unpaired) electrons. The fourth-order valence-electron chi connectivity index (χ4n) is 4.23. The zero-order valence-electron chi connectivity index (χ0n) is 21.4. The zero-order valence-corrected chi connectivity index (χ0v) is 21.4. The van der Waals surface area contributed by atoms with Crippen molar-refractivity contribution in [2.24, 2.45) is 0 Å². The van der Waals surface area contributed by atoms with Gasteiger partial charge in [-0.05, 0) is 26.0 Å². The lowest BCUT2D eigenvalue weighted by atomic mass is 10.1. The molecule has 0 saturated carbocycles. The van der Waals surface area contributed by atoms with Gasteiger partial charge in [0.25, 0.3) is 0 Å². The normalized spacial score (nSPS) is 14.6. The highest BCUT2D eigenvalue weighted by molar-refractivity contribution is 5.77. The van der Waals surface area contributed by atoms with E-state index in [1.807, 2.05) is 0 Å². The summed E-state index contributed by atoms with van der Waals surface area (Å²) in [5, 5.41) is 16.8. The maximum absolute atomic E-state index is 14.6. The molecule has 4 heterocycles. The van der Waals surface area contributed by atoms with E-state index in [1.54, 1.807) is 29.4 Å². The first kappa shape index (κ1) is 26.2. The molecule has 1 aliphatic rings. The van der Waals surface area contributed by atoms with Gasteiger partial charge in [0.1, 0.15) is 11.5 Å². The van der Waals surface area contributed by atoms with Crippen LogP contribution in [0.25, 0.3) is 17.1 Å². The molecule has 1 saturated heterocycles. The standard InChI is InChI=1S/C25H28F2N8O4/c1-25(2,22(36)37)39-20-14-18(15(26)12-16(20)27)34-9-7-33(8-10-34)6-5-29-24-30-21-13-17(19-4-3-11-38-19)32-35(21)23(28)31-24/h3-4,11-14H,5-10H2,1-2H3,(H,36,37)(H3,28,29,30,31). The third-order valence-electron chi connectivity index (χ3n) is 6.43. The zero-order chi connectivity index (χ0) is 27.7. The summed E-state index contributed by atoms with van der Waals surface area (Å²) in [6.07, 6.45) is 1.56. The molecule has 206 valence electrons. The molecule has 0 bridgehead atoms. The van der Waals surface area contributed by atoms with Gasteiger partial charge in [0, 0.05) is 57.5 Å². The molecule has 1 aliphatic heterocycles.